The van der Waals surface area contributed by atoms with E-state index in [9.17, 15) is 4.79 Å². The van der Waals surface area contributed by atoms with E-state index in [1.807, 2.05) is 32.0 Å². The van der Waals surface area contributed by atoms with Gasteiger partial charge < -0.3 is 14.2 Å². The largest absolute Gasteiger partial charge is 0.493 e. The molecule has 0 N–H and O–H groups in total. The number of ether oxygens (including phenoxy) is 3. The zero-order valence-electron chi connectivity index (χ0n) is 13.5. The third-order valence-electron chi connectivity index (χ3n) is 3.56. The number of hydrogen-bond acceptors (Lipinski definition) is 4. The highest BCUT2D eigenvalue weighted by Crippen LogP contribution is 2.38. The van der Waals surface area contributed by atoms with Crippen LogP contribution in [0.5, 0.6) is 17.2 Å². The van der Waals surface area contributed by atoms with E-state index in [4.69, 9.17) is 14.2 Å². The maximum atomic E-state index is 12.8. The molecule has 0 atom stereocenters. The smallest absolute Gasteiger partial charge is 0.203 e. The van der Waals surface area contributed by atoms with E-state index in [0.717, 1.165) is 11.1 Å². The van der Waals surface area contributed by atoms with E-state index in [-0.39, 0.29) is 5.78 Å². The minimum Gasteiger partial charge on any atom is -0.493 e. The van der Waals surface area contributed by atoms with Crippen LogP contribution in [0.1, 0.15) is 27.0 Å². The first-order valence-corrected chi connectivity index (χ1v) is 6.93. The first-order chi connectivity index (χ1) is 10.5. The fraction of sp³-hybridized carbons (Fsp3) is 0.278. The summed E-state index contributed by atoms with van der Waals surface area (Å²) < 4.78 is 15.9. The predicted octanol–water partition coefficient (Wildman–Crippen LogP) is 3.56. The highest BCUT2D eigenvalue weighted by molar-refractivity contribution is 6.10. The molecule has 0 spiro atoms. The Kier molecular flexibility index (Phi) is 4.71. The minimum atomic E-state index is -0.0690. The molecular weight excluding hydrogens is 280 g/mol. The lowest BCUT2D eigenvalue weighted by Crippen LogP contribution is -2.06. The molecule has 0 aliphatic rings. The molecule has 116 valence electrons. The van der Waals surface area contributed by atoms with Crippen LogP contribution in [0.3, 0.4) is 0 Å². The van der Waals surface area contributed by atoms with Crippen LogP contribution >= 0.6 is 0 Å². The van der Waals surface area contributed by atoms with E-state index >= 15 is 0 Å². The van der Waals surface area contributed by atoms with Gasteiger partial charge in [-0.3, -0.25) is 4.79 Å². The Morgan fingerprint density at radius 1 is 0.864 bits per heavy atom. The second-order valence-electron chi connectivity index (χ2n) is 5.06. The second kappa shape index (κ2) is 6.52. The Labute approximate surface area is 130 Å². The van der Waals surface area contributed by atoms with Crippen molar-refractivity contribution in [3.05, 3.63) is 52.6 Å². The van der Waals surface area contributed by atoms with Crippen LogP contribution in [0.4, 0.5) is 0 Å². The molecule has 0 fully saturated rings. The first kappa shape index (κ1) is 15.9. The normalized spacial score (nSPS) is 10.2. The molecule has 0 radical (unpaired) electrons. The molecule has 4 nitrogen and oxygen atoms in total. The standard InChI is InChI=1S/C18H20O4/c1-11-6-7-12(2)14(8-11)17(19)13-9-15(20-3)18(22-5)16(10-13)21-4/h6-10H,1-5H3. The van der Waals surface area contributed by atoms with Crippen molar-refractivity contribution in [2.45, 2.75) is 13.8 Å². The van der Waals surface area contributed by atoms with Crippen LogP contribution in [-0.2, 0) is 0 Å². The third kappa shape index (κ3) is 2.91. The lowest BCUT2D eigenvalue weighted by molar-refractivity contribution is 0.103. The average Bonchev–Trinajstić information content (AvgIpc) is 2.54. The topological polar surface area (TPSA) is 44.8 Å². The van der Waals surface area contributed by atoms with E-state index in [0.29, 0.717) is 28.4 Å². The van der Waals surface area contributed by atoms with Gasteiger partial charge in [0.05, 0.1) is 21.3 Å². The lowest BCUT2D eigenvalue weighted by atomic mass is 9.97. The van der Waals surface area contributed by atoms with Gasteiger partial charge in [-0.1, -0.05) is 17.7 Å². The van der Waals surface area contributed by atoms with Gasteiger partial charge in [0.25, 0.3) is 0 Å². The number of carbonyl (C=O) groups is 1. The number of ketones is 1. The van der Waals surface area contributed by atoms with E-state index in [2.05, 4.69) is 0 Å². The van der Waals surface area contributed by atoms with Gasteiger partial charge in [-0.05, 0) is 37.6 Å². The van der Waals surface area contributed by atoms with Crippen molar-refractivity contribution in [1.29, 1.82) is 0 Å². The fourth-order valence-electron chi connectivity index (χ4n) is 2.35. The van der Waals surface area contributed by atoms with Gasteiger partial charge in [0.2, 0.25) is 5.75 Å². The number of carbonyl (C=O) groups excluding carboxylic acids is 1. The minimum absolute atomic E-state index is 0.0690. The van der Waals surface area contributed by atoms with Crippen molar-refractivity contribution < 1.29 is 19.0 Å². The summed E-state index contributed by atoms with van der Waals surface area (Å²) in [5.41, 5.74) is 3.16. The van der Waals surface area contributed by atoms with E-state index < -0.39 is 0 Å². The molecular formula is C18H20O4. The Morgan fingerprint density at radius 3 is 1.95 bits per heavy atom. The van der Waals surface area contributed by atoms with Gasteiger partial charge in [-0.25, -0.2) is 0 Å². The Balaban J connectivity index is 2.56. The molecule has 0 aliphatic carbocycles. The molecule has 0 saturated heterocycles. The third-order valence-corrected chi connectivity index (χ3v) is 3.56. The van der Waals surface area contributed by atoms with Crippen LogP contribution in [0, 0.1) is 13.8 Å². The number of methoxy groups -OCH3 is 3. The zero-order valence-corrected chi connectivity index (χ0v) is 13.5. The molecule has 0 saturated carbocycles. The number of aryl methyl sites for hydroxylation is 2. The SMILES string of the molecule is COc1cc(C(=O)c2cc(C)ccc2C)cc(OC)c1OC. The fourth-order valence-corrected chi connectivity index (χ4v) is 2.35. The molecule has 0 aliphatic heterocycles. The maximum Gasteiger partial charge on any atom is 0.203 e. The van der Waals surface area contributed by atoms with Gasteiger partial charge >= 0.3 is 0 Å². The summed E-state index contributed by atoms with van der Waals surface area (Å²) in [5, 5.41) is 0. The van der Waals surface area contributed by atoms with Gasteiger partial charge in [-0.15, -0.1) is 0 Å². The second-order valence-corrected chi connectivity index (χ2v) is 5.06. The van der Waals surface area contributed by atoms with Gasteiger partial charge in [-0.2, -0.15) is 0 Å². The molecule has 22 heavy (non-hydrogen) atoms. The summed E-state index contributed by atoms with van der Waals surface area (Å²) in [6.45, 7) is 3.88. The van der Waals surface area contributed by atoms with Crippen molar-refractivity contribution in [3.63, 3.8) is 0 Å². The molecule has 2 aromatic carbocycles. The number of benzene rings is 2. The lowest BCUT2D eigenvalue weighted by Gasteiger charge is -2.14. The molecule has 0 unspecified atom stereocenters. The summed E-state index contributed by atoms with van der Waals surface area (Å²) in [7, 11) is 4.60. The Hall–Kier alpha value is -2.49. The summed E-state index contributed by atoms with van der Waals surface area (Å²) in [5.74, 6) is 1.34. The average molecular weight is 300 g/mol. The van der Waals surface area contributed by atoms with E-state index in [1.165, 1.54) is 21.3 Å². The molecule has 4 heteroatoms. The monoisotopic (exact) mass is 300 g/mol. The van der Waals surface area contributed by atoms with E-state index in [1.54, 1.807) is 12.1 Å². The summed E-state index contributed by atoms with van der Waals surface area (Å²) in [4.78, 5) is 12.8. The van der Waals surface area contributed by atoms with Crippen LogP contribution < -0.4 is 14.2 Å². The molecule has 0 aromatic heterocycles. The summed E-state index contributed by atoms with van der Waals surface area (Å²) >= 11 is 0. The first-order valence-electron chi connectivity index (χ1n) is 6.93. The van der Waals surface area contributed by atoms with Crippen molar-refractivity contribution in [3.8, 4) is 17.2 Å². The molecule has 0 heterocycles. The predicted molar refractivity (Wildman–Crippen MR) is 85.4 cm³/mol. The van der Waals surface area contributed by atoms with Crippen LogP contribution in [0.15, 0.2) is 30.3 Å². The highest BCUT2D eigenvalue weighted by Gasteiger charge is 2.19. The van der Waals surface area contributed by atoms with Crippen molar-refractivity contribution in [2.24, 2.45) is 0 Å². The van der Waals surface area contributed by atoms with Gasteiger partial charge in [0.1, 0.15) is 0 Å². The van der Waals surface area contributed by atoms with Crippen LogP contribution in [0.25, 0.3) is 0 Å². The Morgan fingerprint density at radius 2 is 1.45 bits per heavy atom. The molecule has 2 rings (SSSR count). The zero-order chi connectivity index (χ0) is 16.3. The van der Waals surface area contributed by atoms with Crippen molar-refractivity contribution in [1.82, 2.24) is 0 Å². The summed E-state index contributed by atoms with van der Waals surface area (Å²) in [6.07, 6.45) is 0. The van der Waals surface area contributed by atoms with Crippen molar-refractivity contribution >= 4 is 5.78 Å². The summed E-state index contributed by atoms with van der Waals surface area (Å²) in [6, 6.07) is 9.17. The van der Waals surface area contributed by atoms with Gasteiger partial charge in [0.15, 0.2) is 17.3 Å². The number of rotatable bonds is 5. The molecule has 0 bridgehead atoms. The van der Waals surface area contributed by atoms with Crippen LogP contribution in [0.2, 0.25) is 0 Å². The van der Waals surface area contributed by atoms with Crippen LogP contribution in [-0.4, -0.2) is 27.1 Å². The number of hydrogen-bond donors (Lipinski definition) is 0. The highest BCUT2D eigenvalue weighted by atomic mass is 16.5. The molecule has 2 aromatic rings. The maximum absolute atomic E-state index is 12.8. The Bertz CT molecular complexity index is 679. The molecule has 0 amide bonds. The van der Waals surface area contributed by atoms with Gasteiger partial charge in [0, 0.05) is 11.1 Å². The van der Waals surface area contributed by atoms with Crippen molar-refractivity contribution in [2.75, 3.05) is 21.3 Å². The quantitative estimate of drug-likeness (QED) is 0.792.